The molecule has 43 heavy (non-hydrogen) atoms. The number of aryl methyl sites for hydroxylation is 1. The molecular formula is C37H32N2O4. The molecule has 6 heteroatoms. The van der Waals surface area contributed by atoms with Crippen molar-refractivity contribution in [3.63, 3.8) is 0 Å². The van der Waals surface area contributed by atoms with E-state index in [4.69, 9.17) is 4.74 Å². The van der Waals surface area contributed by atoms with Gasteiger partial charge in [-0.25, -0.2) is 0 Å². The Balaban J connectivity index is 1.48. The first-order valence-corrected chi connectivity index (χ1v) is 14.7. The van der Waals surface area contributed by atoms with Gasteiger partial charge < -0.3 is 15.0 Å². The fourth-order valence-electron chi connectivity index (χ4n) is 7.21. The van der Waals surface area contributed by atoms with E-state index in [2.05, 4.69) is 5.32 Å². The number of nitrogens with one attached hydrogen (secondary N) is 1. The molecule has 3 aliphatic rings. The summed E-state index contributed by atoms with van der Waals surface area (Å²) in [6.45, 7) is 5.86. The van der Waals surface area contributed by atoms with E-state index in [-0.39, 0.29) is 23.6 Å². The lowest BCUT2D eigenvalue weighted by molar-refractivity contribution is -0.122. The number of benzene rings is 4. The Bertz CT molecular complexity index is 1790. The molecule has 1 saturated heterocycles. The van der Waals surface area contributed by atoms with E-state index < -0.39 is 23.4 Å². The lowest BCUT2D eigenvalue weighted by Crippen LogP contribution is -2.49. The Labute approximate surface area is 251 Å². The molecule has 0 unspecified atom stereocenters. The van der Waals surface area contributed by atoms with Gasteiger partial charge in [0.2, 0.25) is 5.91 Å². The van der Waals surface area contributed by atoms with E-state index in [9.17, 15) is 14.4 Å². The van der Waals surface area contributed by atoms with E-state index >= 15 is 0 Å². The number of rotatable bonds is 6. The topological polar surface area (TPSA) is 75.7 Å². The summed E-state index contributed by atoms with van der Waals surface area (Å²) in [6.07, 6.45) is 3.85. The first kappa shape index (κ1) is 26.9. The molecular weight excluding hydrogens is 536 g/mol. The van der Waals surface area contributed by atoms with Gasteiger partial charge in [0.25, 0.3) is 0 Å². The number of Topliss-reactive ketones (excluding diaryl/α,β-unsaturated/α-hetero) is 2. The highest BCUT2D eigenvalue weighted by atomic mass is 16.5. The second-order valence-corrected chi connectivity index (χ2v) is 11.9. The van der Waals surface area contributed by atoms with Gasteiger partial charge in [0.05, 0.1) is 18.1 Å². The van der Waals surface area contributed by atoms with Gasteiger partial charge >= 0.3 is 0 Å². The number of para-hydroxylation sites is 1. The number of ketones is 2. The predicted molar refractivity (Wildman–Crippen MR) is 166 cm³/mol. The SMILES string of the molecule is Cc1ccc(C(=O)[C@H]2[C@H](C(=O)c3ccc(OC(C)C)cc3)[C@]3(C(=O)Nc4ccccc43)[C@H]3c4ccccc4C=CN23)cc1. The zero-order valence-corrected chi connectivity index (χ0v) is 24.3. The molecule has 1 amide bonds. The highest BCUT2D eigenvalue weighted by Crippen LogP contribution is 2.62. The standard InChI is InChI=1S/C37H32N2O4/c1-22(2)43-27-18-16-25(17-19-27)33(40)31-32(34(41)26-14-12-23(3)13-15-26)39-21-20-24-8-4-5-9-28(24)35(39)37(31)29-10-6-7-11-30(29)38-36(37)42/h4-22,31-32,35H,1-3H3,(H,38,42)/t31-,32-,35-,37+/m1/s1. The summed E-state index contributed by atoms with van der Waals surface area (Å²) in [5.74, 6) is -1.08. The number of carbonyl (C=O) groups excluding carboxylic acids is 3. The number of anilines is 1. The molecule has 1 N–H and O–H groups in total. The Morgan fingerprint density at radius 1 is 0.837 bits per heavy atom. The minimum absolute atomic E-state index is 0.0161. The van der Waals surface area contributed by atoms with Gasteiger partial charge in [-0.05, 0) is 73.9 Å². The fraction of sp³-hybridized carbons (Fsp3) is 0.216. The highest BCUT2D eigenvalue weighted by molar-refractivity contribution is 6.16. The van der Waals surface area contributed by atoms with Crippen LogP contribution in [0.25, 0.3) is 6.08 Å². The summed E-state index contributed by atoms with van der Waals surface area (Å²) in [4.78, 5) is 46.1. The van der Waals surface area contributed by atoms with Crippen molar-refractivity contribution in [2.75, 3.05) is 5.32 Å². The van der Waals surface area contributed by atoms with Crippen LogP contribution in [0.1, 0.15) is 62.9 Å². The summed E-state index contributed by atoms with van der Waals surface area (Å²) >= 11 is 0. The maximum absolute atomic E-state index is 14.9. The average Bonchev–Trinajstić information content (AvgIpc) is 3.49. The van der Waals surface area contributed by atoms with Crippen LogP contribution in [0.5, 0.6) is 5.75 Å². The van der Waals surface area contributed by atoms with E-state index in [0.29, 0.717) is 22.6 Å². The normalized spacial score (nSPS) is 23.1. The first-order valence-electron chi connectivity index (χ1n) is 14.7. The Morgan fingerprint density at radius 3 is 2.23 bits per heavy atom. The quantitative estimate of drug-likeness (QED) is 0.260. The summed E-state index contributed by atoms with van der Waals surface area (Å²) < 4.78 is 5.83. The molecule has 214 valence electrons. The molecule has 0 bridgehead atoms. The maximum Gasteiger partial charge on any atom is 0.238 e. The molecule has 6 nitrogen and oxygen atoms in total. The van der Waals surface area contributed by atoms with Crippen molar-refractivity contribution in [2.45, 2.75) is 44.4 Å². The number of ether oxygens (including phenoxy) is 1. The fourth-order valence-corrected chi connectivity index (χ4v) is 7.21. The van der Waals surface area contributed by atoms with Crippen LogP contribution in [-0.4, -0.2) is 34.5 Å². The first-order chi connectivity index (χ1) is 20.8. The van der Waals surface area contributed by atoms with Crippen LogP contribution < -0.4 is 10.1 Å². The molecule has 4 aromatic carbocycles. The van der Waals surface area contributed by atoms with Crippen molar-refractivity contribution in [1.82, 2.24) is 4.90 Å². The maximum atomic E-state index is 14.9. The van der Waals surface area contributed by atoms with Gasteiger partial charge in [-0.15, -0.1) is 0 Å². The van der Waals surface area contributed by atoms with Crippen LogP contribution in [0.4, 0.5) is 5.69 Å². The van der Waals surface area contributed by atoms with E-state index in [1.807, 2.05) is 111 Å². The van der Waals surface area contributed by atoms with Gasteiger partial charge in [0, 0.05) is 23.0 Å². The zero-order chi connectivity index (χ0) is 29.9. The van der Waals surface area contributed by atoms with Gasteiger partial charge in [-0.3, -0.25) is 14.4 Å². The average molecular weight is 569 g/mol. The molecule has 4 aromatic rings. The lowest BCUT2D eigenvalue weighted by Gasteiger charge is -2.38. The number of hydrogen-bond donors (Lipinski definition) is 1. The van der Waals surface area contributed by atoms with Gasteiger partial charge in [0.1, 0.15) is 17.2 Å². The molecule has 0 aromatic heterocycles. The monoisotopic (exact) mass is 568 g/mol. The third-order valence-corrected chi connectivity index (χ3v) is 8.97. The summed E-state index contributed by atoms with van der Waals surface area (Å²) in [5.41, 5.74) is 3.88. The molecule has 3 heterocycles. The Morgan fingerprint density at radius 2 is 1.49 bits per heavy atom. The second kappa shape index (κ2) is 10.1. The minimum atomic E-state index is -1.35. The minimum Gasteiger partial charge on any atom is -0.491 e. The zero-order valence-electron chi connectivity index (χ0n) is 24.3. The molecule has 0 aliphatic carbocycles. The Kier molecular flexibility index (Phi) is 6.31. The number of nitrogens with zero attached hydrogens (tertiary/aromatic N) is 1. The molecule has 4 atom stereocenters. The van der Waals surface area contributed by atoms with Crippen molar-refractivity contribution < 1.29 is 19.1 Å². The van der Waals surface area contributed by atoms with E-state index in [1.165, 1.54) is 0 Å². The van der Waals surface area contributed by atoms with Crippen LogP contribution >= 0.6 is 0 Å². The number of fused-ring (bicyclic) bond motifs is 6. The van der Waals surface area contributed by atoms with E-state index in [0.717, 1.165) is 22.3 Å². The van der Waals surface area contributed by atoms with Crippen LogP contribution in [0.3, 0.4) is 0 Å². The number of hydrogen-bond acceptors (Lipinski definition) is 5. The van der Waals surface area contributed by atoms with Crippen molar-refractivity contribution in [1.29, 1.82) is 0 Å². The summed E-state index contributed by atoms with van der Waals surface area (Å²) in [5, 5.41) is 3.09. The molecule has 1 fully saturated rings. The number of carbonyl (C=O) groups is 3. The van der Waals surface area contributed by atoms with Crippen molar-refractivity contribution in [2.24, 2.45) is 5.92 Å². The second-order valence-electron chi connectivity index (χ2n) is 11.9. The van der Waals surface area contributed by atoms with Crippen LogP contribution in [0.15, 0.2) is 103 Å². The van der Waals surface area contributed by atoms with Crippen LogP contribution in [0.2, 0.25) is 0 Å². The highest BCUT2D eigenvalue weighted by Gasteiger charge is 2.70. The van der Waals surface area contributed by atoms with Crippen molar-refractivity contribution in [3.05, 3.63) is 137 Å². The van der Waals surface area contributed by atoms with Gasteiger partial charge in [-0.1, -0.05) is 72.3 Å². The largest absolute Gasteiger partial charge is 0.491 e. The predicted octanol–water partition coefficient (Wildman–Crippen LogP) is 6.76. The third kappa shape index (κ3) is 4.04. The van der Waals surface area contributed by atoms with Crippen molar-refractivity contribution in [3.8, 4) is 5.75 Å². The molecule has 3 aliphatic heterocycles. The molecule has 1 spiro atoms. The molecule has 0 radical (unpaired) electrons. The summed E-state index contributed by atoms with van der Waals surface area (Å²) in [6, 6.07) is 28.4. The Hall–Kier alpha value is -4.97. The molecule has 0 saturated carbocycles. The van der Waals surface area contributed by atoms with Crippen LogP contribution in [0, 0.1) is 12.8 Å². The van der Waals surface area contributed by atoms with Gasteiger partial charge in [0.15, 0.2) is 11.6 Å². The molecule has 7 rings (SSSR count). The number of amides is 1. The van der Waals surface area contributed by atoms with Crippen LogP contribution in [-0.2, 0) is 10.2 Å². The van der Waals surface area contributed by atoms with E-state index in [1.54, 1.807) is 24.3 Å². The summed E-state index contributed by atoms with van der Waals surface area (Å²) in [7, 11) is 0. The van der Waals surface area contributed by atoms with Gasteiger partial charge in [-0.2, -0.15) is 0 Å². The third-order valence-electron chi connectivity index (χ3n) is 8.97. The lowest BCUT2D eigenvalue weighted by atomic mass is 9.62. The van der Waals surface area contributed by atoms with Crippen molar-refractivity contribution >= 4 is 29.2 Å². The smallest absolute Gasteiger partial charge is 0.238 e.